The zero-order valence-corrected chi connectivity index (χ0v) is 20.0. The molecular formula is C25H34N6O3. The lowest BCUT2D eigenvalue weighted by Crippen LogP contribution is -2.51. The molecule has 182 valence electrons. The molecule has 1 N–H and O–H groups in total. The number of aromatic nitrogens is 2. The van der Waals surface area contributed by atoms with E-state index >= 15 is 0 Å². The van der Waals surface area contributed by atoms with Crippen molar-refractivity contribution in [3.63, 3.8) is 0 Å². The monoisotopic (exact) mass is 466 g/mol. The van der Waals surface area contributed by atoms with Gasteiger partial charge in [-0.3, -0.25) is 4.99 Å². The zero-order chi connectivity index (χ0) is 23.5. The number of nitrogens with zero attached hydrogens (tertiary/aromatic N) is 5. The minimum Gasteiger partial charge on any atom is -0.441 e. The number of aliphatic imine (C=N–C) groups is 1. The van der Waals surface area contributed by atoms with Gasteiger partial charge < -0.3 is 24.6 Å². The fourth-order valence-corrected chi connectivity index (χ4v) is 4.87. The maximum absolute atomic E-state index is 12.4. The minimum absolute atomic E-state index is 0.0922. The van der Waals surface area contributed by atoms with Crippen LogP contribution in [-0.4, -0.2) is 91.4 Å². The first-order chi connectivity index (χ1) is 16.6. The van der Waals surface area contributed by atoms with Crippen molar-refractivity contribution in [1.29, 1.82) is 0 Å². The number of allylic oxidation sites excluding steroid dienone is 1. The summed E-state index contributed by atoms with van der Waals surface area (Å²) in [5.74, 6) is 0.463. The number of carbonyl (C=O) groups excluding carboxylic acids is 1. The lowest BCUT2D eigenvalue weighted by Gasteiger charge is -2.37. The van der Waals surface area contributed by atoms with Crippen molar-refractivity contribution in [3.8, 4) is 0 Å². The third-order valence-electron chi connectivity index (χ3n) is 7.07. The van der Waals surface area contributed by atoms with Gasteiger partial charge >= 0.3 is 6.09 Å². The number of fused-ring (bicyclic) bond motifs is 1. The fourth-order valence-electron chi connectivity index (χ4n) is 4.87. The Bertz CT molecular complexity index is 1060. The number of hydrogen-bond acceptors (Lipinski definition) is 7. The second-order valence-corrected chi connectivity index (χ2v) is 9.32. The van der Waals surface area contributed by atoms with Gasteiger partial charge in [0.15, 0.2) is 6.10 Å². The van der Waals surface area contributed by atoms with Gasteiger partial charge in [0.1, 0.15) is 0 Å². The molecule has 3 aliphatic heterocycles. The van der Waals surface area contributed by atoms with Crippen molar-refractivity contribution >= 4 is 23.0 Å². The van der Waals surface area contributed by atoms with Gasteiger partial charge in [-0.25, -0.2) is 9.31 Å². The number of anilines is 1. The van der Waals surface area contributed by atoms with Crippen LogP contribution >= 0.6 is 0 Å². The molecule has 5 heterocycles. The second-order valence-electron chi connectivity index (χ2n) is 9.32. The number of nitrogens with one attached hydrogen (secondary N) is 1. The predicted octanol–water partition coefficient (Wildman–Crippen LogP) is 2.35. The van der Waals surface area contributed by atoms with Crippen LogP contribution in [0.1, 0.15) is 25.3 Å². The fraction of sp³-hybridized carbons (Fsp3) is 0.560. The Balaban J connectivity index is 1.27. The van der Waals surface area contributed by atoms with Crippen LogP contribution in [0.15, 0.2) is 41.7 Å². The van der Waals surface area contributed by atoms with E-state index in [4.69, 9.17) is 9.47 Å². The van der Waals surface area contributed by atoms with Crippen LogP contribution in [0.3, 0.4) is 0 Å². The largest absolute Gasteiger partial charge is 0.441 e. The Morgan fingerprint density at radius 3 is 2.82 bits per heavy atom. The molecule has 34 heavy (non-hydrogen) atoms. The molecule has 2 aromatic heterocycles. The standard InChI is InChI=1S/C25H34N6O3/c1-18(21-4-3-8-27-21)5-6-22(26-2)19-14-24-23(7-9-28-31(24)15-19)29-10-12-30(13-11-29)25(32)34-20-16-33-17-20/h5-7,9,14-15,18,20-21,27H,3-4,8,10-13,16-17H2,1-2H3/b6-5-,26-22?/t18?,21-/m1/s1. The van der Waals surface area contributed by atoms with Crippen molar-refractivity contribution in [2.75, 3.05) is 57.9 Å². The summed E-state index contributed by atoms with van der Waals surface area (Å²) in [5.41, 5.74) is 4.16. The Hall–Kier alpha value is -2.91. The van der Waals surface area contributed by atoms with E-state index in [-0.39, 0.29) is 12.2 Å². The van der Waals surface area contributed by atoms with Gasteiger partial charge in [-0.1, -0.05) is 13.0 Å². The molecule has 0 aliphatic carbocycles. The number of amides is 1. The molecule has 3 saturated heterocycles. The molecule has 0 saturated carbocycles. The summed E-state index contributed by atoms with van der Waals surface area (Å²) < 4.78 is 12.5. The van der Waals surface area contributed by atoms with Crippen molar-refractivity contribution in [3.05, 3.63) is 42.2 Å². The molecular weight excluding hydrogens is 432 g/mol. The summed E-state index contributed by atoms with van der Waals surface area (Å²) in [6, 6.07) is 4.75. The highest BCUT2D eigenvalue weighted by atomic mass is 16.6. The lowest BCUT2D eigenvalue weighted by atomic mass is 9.99. The maximum atomic E-state index is 12.4. The van der Waals surface area contributed by atoms with E-state index in [2.05, 4.69) is 45.4 Å². The molecule has 2 atom stereocenters. The van der Waals surface area contributed by atoms with Crippen molar-refractivity contribution in [2.45, 2.75) is 31.9 Å². The highest BCUT2D eigenvalue weighted by molar-refractivity contribution is 6.09. The van der Waals surface area contributed by atoms with Crippen LogP contribution in [0.5, 0.6) is 0 Å². The average molecular weight is 467 g/mol. The Kier molecular flexibility index (Phi) is 6.82. The van der Waals surface area contributed by atoms with E-state index in [0.29, 0.717) is 38.3 Å². The van der Waals surface area contributed by atoms with E-state index in [1.54, 1.807) is 4.90 Å². The van der Waals surface area contributed by atoms with Gasteiger partial charge in [0.2, 0.25) is 0 Å². The molecule has 3 aliphatic rings. The first-order valence-electron chi connectivity index (χ1n) is 12.3. The Morgan fingerprint density at radius 2 is 2.15 bits per heavy atom. The third-order valence-corrected chi connectivity index (χ3v) is 7.07. The summed E-state index contributed by atoms with van der Waals surface area (Å²) in [7, 11) is 1.84. The van der Waals surface area contributed by atoms with Gasteiger partial charge in [0.25, 0.3) is 0 Å². The highest BCUT2D eigenvalue weighted by Crippen LogP contribution is 2.25. The molecule has 3 fully saturated rings. The van der Waals surface area contributed by atoms with E-state index in [1.807, 2.05) is 30.0 Å². The first kappa shape index (κ1) is 22.9. The second kappa shape index (κ2) is 10.1. The summed E-state index contributed by atoms with van der Waals surface area (Å²) in [4.78, 5) is 21.0. The number of piperazine rings is 1. The third kappa shape index (κ3) is 4.81. The number of carbonyl (C=O) groups is 1. The molecule has 9 heteroatoms. The normalized spacial score (nSPS) is 23.0. The number of ether oxygens (including phenoxy) is 2. The quantitative estimate of drug-likeness (QED) is 0.658. The zero-order valence-electron chi connectivity index (χ0n) is 20.0. The van der Waals surface area contributed by atoms with Crippen LogP contribution in [0, 0.1) is 5.92 Å². The highest BCUT2D eigenvalue weighted by Gasteiger charge is 2.28. The van der Waals surface area contributed by atoms with Gasteiger partial charge in [-0.05, 0) is 43.5 Å². The summed E-state index contributed by atoms with van der Waals surface area (Å²) in [6.45, 7) is 7.14. The van der Waals surface area contributed by atoms with Crippen LogP contribution in [0.2, 0.25) is 0 Å². The first-order valence-corrected chi connectivity index (χ1v) is 12.3. The molecule has 5 rings (SSSR count). The van der Waals surface area contributed by atoms with E-state index < -0.39 is 0 Å². The minimum atomic E-state index is -0.240. The lowest BCUT2D eigenvalue weighted by molar-refractivity contribution is -0.104. The molecule has 2 aromatic rings. The van der Waals surface area contributed by atoms with Crippen LogP contribution in [0.4, 0.5) is 10.5 Å². The number of rotatable bonds is 6. The van der Waals surface area contributed by atoms with Gasteiger partial charge in [0.05, 0.1) is 30.1 Å². The summed E-state index contributed by atoms with van der Waals surface area (Å²) in [6.07, 6.45) is 10.4. The molecule has 1 amide bonds. The molecule has 9 nitrogen and oxygen atoms in total. The van der Waals surface area contributed by atoms with Gasteiger partial charge in [0, 0.05) is 57.2 Å². The molecule has 0 bridgehead atoms. The summed E-state index contributed by atoms with van der Waals surface area (Å²) >= 11 is 0. The van der Waals surface area contributed by atoms with Crippen molar-refractivity contribution < 1.29 is 14.3 Å². The Labute approximate surface area is 200 Å². The van der Waals surface area contributed by atoms with Crippen LogP contribution in [-0.2, 0) is 9.47 Å². The molecule has 1 unspecified atom stereocenters. The predicted molar refractivity (Wildman–Crippen MR) is 132 cm³/mol. The Morgan fingerprint density at radius 1 is 1.32 bits per heavy atom. The van der Waals surface area contributed by atoms with Gasteiger partial charge in [-0.2, -0.15) is 5.10 Å². The van der Waals surface area contributed by atoms with Crippen LogP contribution in [0.25, 0.3) is 5.52 Å². The van der Waals surface area contributed by atoms with Crippen molar-refractivity contribution in [1.82, 2.24) is 19.8 Å². The van der Waals surface area contributed by atoms with Gasteiger partial charge in [-0.15, -0.1) is 0 Å². The van der Waals surface area contributed by atoms with Crippen LogP contribution < -0.4 is 10.2 Å². The smallest absolute Gasteiger partial charge is 0.410 e. The van der Waals surface area contributed by atoms with E-state index in [0.717, 1.165) is 42.1 Å². The van der Waals surface area contributed by atoms with Crippen molar-refractivity contribution in [2.24, 2.45) is 10.9 Å². The van der Waals surface area contributed by atoms with E-state index in [1.165, 1.54) is 12.8 Å². The SMILES string of the molecule is CN=C(/C=C\C(C)[C@H]1CCCN1)c1cc2c(N3CCN(C(=O)OC4COC4)CC3)ccnn2c1. The maximum Gasteiger partial charge on any atom is 0.410 e. The number of hydrogen-bond donors (Lipinski definition) is 1. The van der Waals surface area contributed by atoms with E-state index in [9.17, 15) is 4.79 Å². The molecule has 0 aromatic carbocycles. The average Bonchev–Trinajstić information content (AvgIpc) is 3.52. The molecule has 0 radical (unpaired) electrons. The summed E-state index contributed by atoms with van der Waals surface area (Å²) in [5, 5.41) is 8.11. The molecule has 0 spiro atoms. The topological polar surface area (TPSA) is 83.7 Å².